The largest absolute Gasteiger partial charge is 0.459 e. The molecule has 2 fully saturated rings. The summed E-state index contributed by atoms with van der Waals surface area (Å²) in [4.78, 5) is 62.4. The first-order chi connectivity index (χ1) is 18.4. The van der Waals surface area contributed by atoms with E-state index in [1.165, 1.54) is 47.6 Å². The van der Waals surface area contributed by atoms with Gasteiger partial charge in [-0.2, -0.15) is 0 Å². The van der Waals surface area contributed by atoms with Gasteiger partial charge in [0.1, 0.15) is 30.0 Å². The molecule has 1 spiro atoms. The van der Waals surface area contributed by atoms with Crippen LogP contribution in [0.5, 0.6) is 0 Å². The lowest BCUT2D eigenvalue weighted by Crippen LogP contribution is -2.68. The highest BCUT2D eigenvalue weighted by molar-refractivity contribution is 5.89. The van der Waals surface area contributed by atoms with Crippen molar-refractivity contribution >= 4 is 29.8 Å². The molecule has 10 atom stereocenters. The first-order valence-electron chi connectivity index (χ1n) is 13.1. The predicted molar refractivity (Wildman–Crippen MR) is 134 cm³/mol. The van der Waals surface area contributed by atoms with Crippen molar-refractivity contribution in [3.05, 3.63) is 23.8 Å². The molecule has 0 saturated carbocycles. The van der Waals surface area contributed by atoms with Crippen LogP contribution in [0.4, 0.5) is 0 Å². The molecule has 2 heterocycles. The Morgan fingerprint density at radius 1 is 0.900 bits per heavy atom. The van der Waals surface area contributed by atoms with Crippen molar-refractivity contribution in [1.82, 2.24) is 0 Å². The fourth-order valence-electron chi connectivity index (χ4n) is 6.88. The highest BCUT2D eigenvalue weighted by atomic mass is 16.7. The van der Waals surface area contributed by atoms with Crippen LogP contribution in [0.15, 0.2) is 23.8 Å². The van der Waals surface area contributed by atoms with Crippen LogP contribution in [-0.2, 0) is 52.4 Å². The summed E-state index contributed by atoms with van der Waals surface area (Å²) in [6.07, 6.45) is -1.23. The molecule has 0 bridgehead atoms. The van der Waals surface area contributed by atoms with E-state index in [4.69, 9.17) is 28.4 Å². The summed E-state index contributed by atoms with van der Waals surface area (Å²) in [6, 6.07) is 0. The molecule has 2 unspecified atom stereocenters. The van der Waals surface area contributed by atoms with Gasteiger partial charge in [-0.3, -0.25) is 19.2 Å². The maximum absolute atomic E-state index is 13.1. The first-order valence-corrected chi connectivity index (χ1v) is 13.1. The van der Waals surface area contributed by atoms with Crippen molar-refractivity contribution in [3.8, 4) is 0 Å². The Morgan fingerprint density at radius 2 is 1.45 bits per heavy atom. The topological polar surface area (TPSA) is 164 Å². The van der Waals surface area contributed by atoms with E-state index in [1.807, 2.05) is 0 Å². The highest BCUT2D eigenvalue weighted by Crippen LogP contribution is 2.65. The Balaban J connectivity index is 2.06. The van der Waals surface area contributed by atoms with Gasteiger partial charge in [0, 0.05) is 45.4 Å². The zero-order valence-electron chi connectivity index (χ0n) is 23.8. The molecule has 12 heteroatoms. The zero-order chi connectivity index (χ0) is 30.0. The van der Waals surface area contributed by atoms with Gasteiger partial charge >= 0.3 is 29.8 Å². The molecule has 4 rings (SSSR count). The number of esters is 5. The summed E-state index contributed by atoms with van der Waals surface area (Å²) in [5, 5.41) is 12.2. The Morgan fingerprint density at radius 3 is 1.98 bits per heavy atom. The Bertz CT molecular complexity index is 1200. The quantitative estimate of drug-likeness (QED) is 0.227. The van der Waals surface area contributed by atoms with E-state index in [1.54, 1.807) is 26.0 Å². The maximum Gasteiger partial charge on any atom is 0.342 e. The van der Waals surface area contributed by atoms with Crippen LogP contribution in [0.25, 0.3) is 0 Å². The van der Waals surface area contributed by atoms with E-state index < -0.39 is 88.5 Å². The lowest BCUT2D eigenvalue weighted by molar-refractivity contribution is -0.227. The number of fused-ring (bicyclic) bond motifs is 1. The number of epoxide rings is 1. The lowest BCUT2D eigenvalue weighted by Gasteiger charge is -2.55. The van der Waals surface area contributed by atoms with Gasteiger partial charge in [0.05, 0.1) is 0 Å². The van der Waals surface area contributed by atoms with Crippen molar-refractivity contribution in [1.29, 1.82) is 0 Å². The van der Waals surface area contributed by atoms with Crippen LogP contribution < -0.4 is 0 Å². The smallest absolute Gasteiger partial charge is 0.342 e. The number of hydrogen-bond donors (Lipinski definition) is 1. The van der Waals surface area contributed by atoms with Crippen molar-refractivity contribution in [2.75, 3.05) is 0 Å². The molecule has 1 N–H and O–H groups in total. The van der Waals surface area contributed by atoms with Crippen molar-refractivity contribution in [2.24, 2.45) is 11.3 Å². The number of hydrogen-bond acceptors (Lipinski definition) is 12. The van der Waals surface area contributed by atoms with Gasteiger partial charge < -0.3 is 33.5 Å². The molecule has 0 radical (unpaired) electrons. The molecular formula is C28H36O12. The molecule has 2 saturated heterocycles. The zero-order valence-corrected chi connectivity index (χ0v) is 23.8. The monoisotopic (exact) mass is 564 g/mol. The molecule has 0 aromatic heterocycles. The van der Waals surface area contributed by atoms with E-state index in [9.17, 15) is 29.1 Å². The molecular weight excluding hydrogens is 528 g/mol. The van der Waals surface area contributed by atoms with Crippen LogP contribution in [0.3, 0.4) is 0 Å². The number of carbonyl (C=O) groups is 5. The second-order valence-corrected chi connectivity index (χ2v) is 11.6. The normalized spacial score (nSPS) is 44.8. The van der Waals surface area contributed by atoms with Gasteiger partial charge in [0.2, 0.25) is 0 Å². The van der Waals surface area contributed by atoms with Gasteiger partial charge in [-0.25, -0.2) is 4.79 Å². The molecule has 0 aromatic carbocycles. The fraction of sp³-hybridized carbons (Fsp3) is 0.679. The number of ether oxygens (including phenoxy) is 6. The summed E-state index contributed by atoms with van der Waals surface area (Å²) in [7, 11) is 0. The van der Waals surface area contributed by atoms with Gasteiger partial charge in [0.15, 0.2) is 17.3 Å². The van der Waals surface area contributed by atoms with E-state index in [2.05, 4.69) is 0 Å². The van der Waals surface area contributed by atoms with Gasteiger partial charge in [-0.1, -0.05) is 18.6 Å². The highest BCUT2D eigenvalue weighted by Gasteiger charge is 2.88. The third kappa shape index (κ3) is 4.50. The third-order valence-electron chi connectivity index (χ3n) is 8.46. The standard InChI is InChI=1S/C28H36O12/c1-13-11-18(35-14(2)29)22(37-16(4)31)25(6)10-9-19(36-15(3)30)26(7,34)21(25)23(38-17(5)32)28-20(12-13)39-24(33)27(28,8)40-28/h9-10,12,18-23,34H,11H2,1-8H3/b13-12-/t18-,19-,20+,21-,22+,23?,25?,26-,27+,28+/m1/s1. The minimum atomic E-state index is -2.00. The molecule has 0 aromatic rings. The van der Waals surface area contributed by atoms with Crippen molar-refractivity contribution in [3.63, 3.8) is 0 Å². The number of rotatable bonds is 4. The summed E-state index contributed by atoms with van der Waals surface area (Å²) in [5.41, 5.74) is -5.93. The molecule has 12 nitrogen and oxygen atoms in total. The molecule has 0 amide bonds. The van der Waals surface area contributed by atoms with Crippen LogP contribution in [-0.4, -0.2) is 82.3 Å². The first kappa shape index (κ1) is 29.7. The summed E-state index contributed by atoms with van der Waals surface area (Å²) in [5.74, 6) is -4.71. The average Bonchev–Trinajstić information content (AvgIpc) is 3.38. The SMILES string of the molecule is CC(=O)OC1[C@@H]2C(C)(C=C[C@@H](OC(C)=O)[C@@]2(C)O)[C@@H](OC(C)=O)[C@H](OC(C)=O)C/C(C)=C\[C@@H]2OC(=O)[C@]3(C)O[C@]123. The molecule has 2 aliphatic carbocycles. The van der Waals surface area contributed by atoms with E-state index >= 15 is 0 Å². The Kier molecular flexibility index (Phi) is 7.20. The number of carbonyl (C=O) groups excluding carboxylic acids is 5. The summed E-state index contributed by atoms with van der Waals surface area (Å²) in [6.45, 7) is 11.0. The minimum Gasteiger partial charge on any atom is -0.459 e. The van der Waals surface area contributed by atoms with Crippen LogP contribution in [0.1, 0.15) is 61.8 Å². The number of aliphatic hydroxyl groups is 1. The maximum atomic E-state index is 13.1. The third-order valence-corrected chi connectivity index (χ3v) is 8.46. The van der Waals surface area contributed by atoms with Crippen LogP contribution >= 0.6 is 0 Å². The second kappa shape index (κ2) is 9.69. The molecule has 40 heavy (non-hydrogen) atoms. The Labute approximate surface area is 231 Å². The van der Waals surface area contributed by atoms with E-state index in [-0.39, 0.29) is 6.42 Å². The molecule has 220 valence electrons. The van der Waals surface area contributed by atoms with Gasteiger partial charge in [-0.15, -0.1) is 0 Å². The summed E-state index contributed by atoms with van der Waals surface area (Å²) >= 11 is 0. The van der Waals surface area contributed by atoms with Crippen molar-refractivity contribution in [2.45, 2.75) is 109 Å². The molecule has 4 aliphatic rings. The second-order valence-electron chi connectivity index (χ2n) is 11.6. The van der Waals surface area contributed by atoms with E-state index in [0.717, 1.165) is 0 Å². The van der Waals surface area contributed by atoms with Crippen LogP contribution in [0.2, 0.25) is 0 Å². The van der Waals surface area contributed by atoms with Gasteiger partial charge in [-0.05, 0) is 32.9 Å². The van der Waals surface area contributed by atoms with Crippen LogP contribution in [0, 0.1) is 11.3 Å². The van der Waals surface area contributed by atoms with Crippen molar-refractivity contribution < 1.29 is 57.5 Å². The molecule has 2 aliphatic heterocycles. The summed E-state index contributed by atoms with van der Waals surface area (Å²) < 4.78 is 34.7. The fourth-order valence-corrected chi connectivity index (χ4v) is 6.88. The minimum absolute atomic E-state index is 0.0717. The average molecular weight is 565 g/mol. The lowest BCUT2D eigenvalue weighted by atomic mass is 9.55. The predicted octanol–water partition coefficient (Wildman–Crippen LogP) is 1.46. The van der Waals surface area contributed by atoms with Gasteiger partial charge in [0.25, 0.3) is 0 Å². The van der Waals surface area contributed by atoms with E-state index in [0.29, 0.717) is 5.57 Å². The Hall–Kier alpha value is -3.25.